The summed E-state index contributed by atoms with van der Waals surface area (Å²) in [5.41, 5.74) is 0.956. The molecular formula is C13H16BrNO2. The van der Waals surface area contributed by atoms with Gasteiger partial charge in [-0.3, -0.25) is 4.79 Å². The molecule has 1 amide bonds. The highest BCUT2D eigenvalue weighted by Crippen LogP contribution is 2.16. The van der Waals surface area contributed by atoms with E-state index in [1.807, 2.05) is 31.2 Å². The van der Waals surface area contributed by atoms with Crippen molar-refractivity contribution in [2.45, 2.75) is 6.92 Å². The van der Waals surface area contributed by atoms with Crippen LogP contribution in [0.1, 0.15) is 12.5 Å². The molecule has 0 radical (unpaired) electrons. The van der Waals surface area contributed by atoms with Crippen LogP contribution < -0.4 is 5.32 Å². The van der Waals surface area contributed by atoms with E-state index < -0.39 is 0 Å². The maximum Gasteiger partial charge on any atom is 0.244 e. The molecule has 2 N–H and O–H groups in total. The molecule has 1 atom stereocenters. The third kappa shape index (κ3) is 5.15. The first-order valence-electron chi connectivity index (χ1n) is 5.44. The summed E-state index contributed by atoms with van der Waals surface area (Å²) in [6.45, 7) is 2.43. The van der Waals surface area contributed by atoms with E-state index in [-0.39, 0.29) is 18.4 Å². The molecule has 0 aliphatic heterocycles. The number of carbonyl (C=O) groups excluding carboxylic acids is 1. The summed E-state index contributed by atoms with van der Waals surface area (Å²) in [5, 5.41) is 11.5. The number of hydrogen-bond acceptors (Lipinski definition) is 2. The molecule has 0 bridgehead atoms. The van der Waals surface area contributed by atoms with E-state index in [2.05, 4.69) is 21.2 Å². The number of nitrogens with one attached hydrogen (secondary N) is 1. The van der Waals surface area contributed by atoms with Crippen LogP contribution >= 0.6 is 15.9 Å². The molecule has 0 aromatic heterocycles. The van der Waals surface area contributed by atoms with Gasteiger partial charge in [0.25, 0.3) is 0 Å². The molecule has 0 spiro atoms. The molecular weight excluding hydrogens is 282 g/mol. The lowest BCUT2D eigenvalue weighted by atomic mass is 10.2. The van der Waals surface area contributed by atoms with Crippen molar-refractivity contribution < 1.29 is 9.90 Å². The lowest BCUT2D eigenvalue weighted by molar-refractivity contribution is -0.116. The summed E-state index contributed by atoms with van der Waals surface area (Å²) in [7, 11) is 0. The molecule has 0 saturated carbocycles. The Morgan fingerprint density at radius 1 is 1.53 bits per heavy atom. The van der Waals surface area contributed by atoms with Crippen LogP contribution in [-0.2, 0) is 4.79 Å². The van der Waals surface area contributed by atoms with Crippen LogP contribution in [-0.4, -0.2) is 24.2 Å². The summed E-state index contributed by atoms with van der Waals surface area (Å²) < 4.78 is 0.952. The van der Waals surface area contributed by atoms with Gasteiger partial charge in [-0.2, -0.15) is 0 Å². The van der Waals surface area contributed by atoms with Crippen LogP contribution in [0.3, 0.4) is 0 Å². The Balaban J connectivity index is 2.49. The molecule has 4 heteroatoms. The summed E-state index contributed by atoms with van der Waals surface area (Å²) in [6, 6.07) is 7.68. The van der Waals surface area contributed by atoms with Crippen molar-refractivity contribution >= 4 is 27.9 Å². The second-order valence-electron chi connectivity index (χ2n) is 3.89. The van der Waals surface area contributed by atoms with Gasteiger partial charge in [0.1, 0.15) is 0 Å². The average molecular weight is 298 g/mol. The molecule has 1 unspecified atom stereocenters. The Hall–Kier alpha value is -1.13. The van der Waals surface area contributed by atoms with Crippen LogP contribution in [0.25, 0.3) is 6.08 Å². The molecule has 3 nitrogen and oxygen atoms in total. The SMILES string of the molecule is CC(CO)CNC(=O)C=Cc1ccccc1Br. The Morgan fingerprint density at radius 2 is 2.24 bits per heavy atom. The average Bonchev–Trinajstić information content (AvgIpc) is 2.35. The zero-order valence-corrected chi connectivity index (χ0v) is 11.3. The van der Waals surface area contributed by atoms with Gasteiger partial charge in [0, 0.05) is 23.7 Å². The molecule has 1 rings (SSSR count). The second-order valence-corrected chi connectivity index (χ2v) is 4.74. The Kier molecular flexibility index (Phi) is 5.94. The molecule has 0 saturated heterocycles. The third-order valence-electron chi connectivity index (χ3n) is 2.26. The minimum absolute atomic E-state index is 0.0776. The maximum absolute atomic E-state index is 11.5. The topological polar surface area (TPSA) is 49.3 Å². The first-order valence-corrected chi connectivity index (χ1v) is 6.24. The first-order chi connectivity index (χ1) is 8.13. The summed E-state index contributed by atoms with van der Waals surface area (Å²) in [4.78, 5) is 11.5. The van der Waals surface area contributed by atoms with Crippen molar-refractivity contribution in [3.63, 3.8) is 0 Å². The number of amides is 1. The molecule has 0 aliphatic rings. The lowest BCUT2D eigenvalue weighted by Crippen LogP contribution is -2.27. The number of hydrogen-bond donors (Lipinski definition) is 2. The highest BCUT2D eigenvalue weighted by molar-refractivity contribution is 9.10. The number of halogens is 1. The van der Waals surface area contributed by atoms with Crippen molar-refractivity contribution in [3.8, 4) is 0 Å². The van der Waals surface area contributed by atoms with Crippen LogP contribution in [0.5, 0.6) is 0 Å². The second kappa shape index (κ2) is 7.25. The lowest BCUT2D eigenvalue weighted by Gasteiger charge is -2.07. The summed E-state index contributed by atoms with van der Waals surface area (Å²) in [5.74, 6) is -0.0723. The van der Waals surface area contributed by atoms with E-state index in [4.69, 9.17) is 5.11 Å². The number of benzene rings is 1. The first kappa shape index (κ1) is 13.9. The van der Waals surface area contributed by atoms with Crippen LogP contribution in [0.15, 0.2) is 34.8 Å². The van der Waals surface area contributed by atoms with E-state index in [1.54, 1.807) is 6.08 Å². The van der Waals surface area contributed by atoms with Crippen LogP contribution in [0.2, 0.25) is 0 Å². The third-order valence-corrected chi connectivity index (χ3v) is 2.98. The fourth-order valence-electron chi connectivity index (χ4n) is 1.17. The Bertz CT molecular complexity index is 404. The largest absolute Gasteiger partial charge is 0.396 e. The Morgan fingerprint density at radius 3 is 2.88 bits per heavy atom. The van der Waals surface area contributed by atoms with Crippen LogP contribution in [0, 0.1) is 5.92 Å². The van der Waals surface area contributed by atoms with Gasteiger partial charge in [0.2, 0.25) is 5.91 Å². The minimum atomic E-state index is -0.152. The van der Waals surface area contributed by atoms with Gasteiger partial charge in [-0.1, -0.05) is 41.1 Å². The summed E-state index contributed by atoms with van der Waals surface area (Å²) in [6.07, 6.45) is 3.24. The number of aliphatic hydroxyl groups is 1. The van der Waals surface area contributed by atoms with E-state index in [0.717, 1.165) is 10.0 Å². The Labute approximate surface area is 110 Å². The number of aliphatic hydroxyl groups excluding tert-OH is 1. The zero-order valence-electron chi connectivity index (χ0n) is 9.69. The molecule has 0 aliphatic carbocycles. The quantitative estimate of drug-likeness (QED) is 0.819. The summed E-state index contributed by atoms with van der Waals surface area (Å²) >= 11 is 3.40. The standard InChI is InChI=1S/C13H16BrNO2/c1-10(9-16)8-15-13(17)7-6-11-4-2-3-5-12(11)14/h2-7,10,16H,8-9H2,1H3,(H,15,17). The molecule has 1 aromatic rings. The smallest absolute Gasteiger partial charge is 0.244 e. The predicted molar refractivity (Wildman–Crippen MR) is 72.4 cm³/mol. The molecule has 0 fully saturated rings. The van der Waals surface area contributed by atoms with E-state index >= 15 is 0 Å². The van der Waals surface area contributed by atoms with Gasteiger partial charge in [-0.15, -0.1) is 0 Å². The highest BCUT2D eigenvalue weighted by atomic mass is 79.9. The fourth-order valence-corrected chi connectivity index (χ4v) is 1.59. The minimum Gasteiger partial charge on any atom is -0.396 e. The van der Waals surface area contributed by atoms with Crippen molar-refractivity contribution in [3.05, 3.63) is 40.4 Å². The fraction of sp³-hybridized carbons (Fsp3) is 0.308. The van der Waals surface area contributed by atoms with Gasteiger partial charge >= 0.3 is 0 Å². The van der Waals surface area contributed by atoms with Crippen molar-refractivity contribution in [1.29, 1.82) is 0 Å². The predicted octanol–water partition coefficient (Wildman–Crippen LogP) is 2.21. The van der Waals surface area contributed by atoms with Gasteiger partial charge in [-0.25, -0.2) is 0 Å². The molecule has 1 aromatic carbocycles. The monoisotopic (exact) mass is 297 g/mol. The zero-order chi connectivity index (χ0) is 12.7. The van der Waals surface area contributed by atoms with Gasteiger partial charge in [0.15, 0.2) is 0 Å². The van der Waals surface area contributed by atoms with E-state index in [9.17, 15) is 4.79 Å². The van der Waals surface area contributed by atoms with Crippen LogP contribution in [0.4, 0.5) is 0 Å². The highest BCUT2D eigenvalue weighted by Gasteiger charge is 2.01. The normalized spacial score (nSPS) is 12.6. The molecule has 17 heavy (non-hydrogen) atoms. The van der Waals surface area contributed by atoms with E-state index in [1.165, 1.54) is 6.08 Å². The number of carbonyl (C=O) groups is 1. The number of rotatable bonds is 5. The molecule has 0 heterocycles. The van der Waals surface area contributed by atoms with Crippen molar-refractivity contribution in [2.75, 3.05) is 13.2 Å². The van der Waals surface area contributed by atoms with Crippen molar-refractivity contribution in [2.24, 2.45) is 5.92 Å². The van der Waals surface area contributed by atoms with E-state index in [0.29, 0.717) is 6.54 Å². The van der Waals surface area contributed by atoms with Gasteiger partial charge in [-0.05, 0) is 23.6 Å². The molecule has 92 valence electrons. The van der Waals surface area contributed by atoms with Gasteiger partial charge in [0.05, 0.1) is 0 Å². The maximum atomic E-state index is 11.5. The van der Waals surface area contributed by atoms with Crippen molar-refractivity contribution in [1.82, 2.24) is 5.32 Å². The van der Waals surface area contributed by atoms with Gasteiger partial charge < -0.3 is 10.4 Å².